The van der Waals surface area contributed by atoms with E-state index in [0.717, 1.165) is 80.7 Å². The Kier molecular flexibility index (Phi) is 11.7. The number of rotatable bonds is 11. The van der Waals surface area contributed by atoms with Crippen LogP contribution in [0.2, 0.25) is 0 Å². The van der Waals surface area contributed by atoms with Crippen LogP contribution in [0, 0.1) is 0 Å². The lowest BCUT2D eigenvalue weighted by molar-refractivity contribution is -0.933. The maximum Gasteiger partial charge on any atom is 0.408 e. The van der Waals surface area contributed by atoms with Crippen molar-refractivity contribution in [2.75, 3.05) is 40.4 Å². The van der Waals surface area contributed by atoms with E-state index in [1.807, 2.05) is 32.9 Å². The van der Waals surface area contributed by atoms with Gasteiger partial charge in [-0.25, -0.2) is 4.79 Å². The normalized spacial score (nSPS) is 16.8. The lowest BCUT2D eigenvalue weighted by atomic mass is 9.99. The lowest BCUT2D eigenvalue weighted by Gasteiger charge is -2.45. The van der Waals surface area contributed by atoms with E-state index >= 15 is 0 Å². The van der Waals surface area contributed by atoms with Gasteiger partial charge in [0.2, 0.25) is 0 Å². The van der Waals surface area contributed by atoms with Crippen molar-refractivity contribution in [3.05, 3.63) is 59.7 Å². The number of hydrogen-bond donors (Lipinski definition) is 1. The summed E-state index contributed by atoms with van der Waals surface area (Å²) in [4.78, 5) is 12.5. The van der Waals surface area contributed by atoms with Gasteiger partial charge in [-0.1, -0.05) is 24.3 Å². The fourth-order valence-electron chi connectivity index (χ4n) is 5.33. The number of carbonyl (C=O) groups is 1. The number of likely N-dealkylation sites (tertiary alicyclic amines) is 1. The average molecular weight is 515 g/mol. The number of piperidine rings is 1. The number of alkyl carbamates (subject to hydrolysis) is 1. The molecule has 7 nitrogen and oxygen atoms in total. The molecule has 1 aliphatic heterocycles. The predicted octanol–water partition coefficient (Wildman–Crippen LogP) is 5.60. The number of quaternary nitrogens is 1. The Labute approximate surface area is 223 Å². The highest BCUT2D eigenvalue weighted by molar-refractivity contribution is 5.68. The van der Waals surface area contributed by atoms with Crippen LogP contribution >= 0.6 is 0 Å². The standard InChI is InChI=1S/C30H44N2O4.H2O/c1-30(2,3)36-29(33)31-26-15-10-20-32(23-26,18-8-13-24-11-6-16-27(21-24)34-4)19-9-14-25-12-7-17-28(22-25)35-5;/h6-7,11-12,16-17,21-22,26H,8-10,13-15,18-20,23H2,1-5H3;1H2. The number of aryl methyl sites for hydroxylation is 2. The van der Waals surface area contributed by atoms with Crippen molar-refractivity contribution in [3.63, 3.8) is 0 Å². The van der Waals surface area contributed by atoms with E-state index in [1.165, 1.54) is 11.1 Å². The van der Waals surface area contributed by atoms with Crippen molar-refractivity contribution in [2.24, 2.45) is 0 Å². The molecule has 7 heteroatoms. The van der Waals surface area contributed by atoms with Gasteiger partial charge in [-0.2, -0.15) is 0 Å². The molecule has 2 aromatic carbocycles. The number of amides is 1. The summed E-state index contributed by atoms with van der Waals surface area (Å²) in [6, 6.07) is 16.9. The molecule has 37 heavy (non-hydrogen) atoms. The number of carbonyl (C=O) groups excluding carboxylic acids is 1. The van der Waals surface area contributed by atoms with Crippen LogP contribution in [0.1, 0.15) is 57.6 Å². The van der Waals surface area contributed by atoms with Gasteiger partial charge in [-0.05, 0) is 81.8 Å². The molecule has 1 saturated heterocycles. The third kappa shape index (κ3) is 10.3. The van der Waals surface area contributed by atoms with Gasteiger partial charge in [-0.15, -0.1) is 0 Å². The second-order valence-electron chi connectivity index (χ2n) is 11.1. The summed E-state index contributed by atoms with van der Waals surface area (Å²) in [5.41, 5.74) is 2.13. The van der Waals surface area contributed by atoms with Gasteiger partial charge in [-0.3, -0.25) is 0 Å². The number of ether oxygens (including phenoxy) is 3. The van der Waals surface area contributed by atoms with Crippen LogP contribution in [0.25, 0.3) is 0 Å². The van der Waals surface area contributed by atoms with Gasteiger partial charge in [0.1, 0.15) is 17.1 Å². The Hall–Kier alpha value is -2.77. The van der Waals surface area contributed by atoms with Crippen LogP contribution in [0.5, 0.6) is 11.5 Å². The van der Waals surface area contributed by atoms with Crippen molar-refractivity contribution in [1.82, 2.24) is 5.32 Å². The molecule has 2 N–H and O–H groups in total. The van der Waals surface area contributed by atoms with Crippen LogP contribution in [-0.2, 0) is 17.6 Å². The molecule has 0 aliphatic carbocycles. The lowest BCUT2D eigenvalue weighted by Crippen LogP contribution is -2.60. The first-order valence-corrected chi connectivity index (χ1v) is 13.3. The Morgan fingerprint density at radius 2 is 1.49 bits per heavy atom. The van der Waals surface area contributed by atoms with E-state index in [0.29, 0.717) is 0 Å². The molecular weight excluding hydrogens is 468 g/mol. The maximum atomic E-state index is 12.5. The monoisotopic (exact) mass is 514 g/mol. The molecule has 1 unspecified atom stereocenters. The van der Waals surface area contributed by atoms with E-state index in [1.54, 1.807) is 14.2 Å². The first-order valence-electron chi connectivity index (χ1n) is 13.3. The number of nitrogens with one attached hydrogen (secondary N) is 1. The SMILES string of the molecule is COc1cccc(CCC[N+]2(CCCc3cccc(OC)c3)CCCC(NC(=O)OC(C)(C)C)C2)c1.[OH-]. The molecule has 1 fully saturated rings. The number of hydrogen-bond acceptors (Lipinski definition) is 5. The number of nitrogens with zero attached hydrogens (tertiary/aromatic N) is 1. The fourth-order valence-corrected chi connectivity index (χ4v) is 5.33. The Bertz CT molecular complexity index is 919. The molecule has 0 bridgehead atoms. The van der Waals surface area contributed by atoms with Gasteiger partial charge in [0.25, 0.3) is 0 Å². The van der Waals surface area contributed by atoms with Crippen molar-refractivity contribution in [2.45, 2.75) is 70.9 Å². The molecule has 3 rings (SSSR count). The zero-order chi connectivity index (χ0) is 26.0. The first kappa shape index (κ1) is 30.5. The van der Waals surface area contributed by atoms with Gasteiger partial charge < -0.3 is 29.5 Å². The molecule has 2 aromatic rings. The minimum Gasteiger partial charge on any atom is -0.870 e. The van der Waals surface area contributed by atoms with Crippen molar-refractivity contribution >= 4 is 6.09 Å². The zero-order valence-electron chi connectivity index (χ0n) is 23.3. The number of methoxy groups -OCH3 is 2. The molecule has 1 amide bonds. The van der Waals surface area contributed by atoms with E-state index < -0.39 is 5.60 Å². The summed E-state index contributed by atoms with van der Waals surface area (Å²) in [6.45, 7) is 10.0. The fraction of sp³-hybridized carbons (Fsp3) is 0.567. The molecule has 0 aromatic heterocycles. The quantitative estimate of drug-likeness (QED) is 0.395. The van der Waals surface area contributed by atoms with Crippen molar-refractivity contribution in [1.29, 1.82) is 0 Å². The maximum absolute atomic E-state index is 12.5. The molecular formula is C30H46N2O5. The van der Waals surface area contributed by atoms with Crippen molar-refractivity contribution in [3.8, 4) is 11.5 Å². The van der Waals surface area contributed by atoms with Crippen LogP contribution in [0.15, 0.2) is 48.5 Å². The van der Waals surface area contributed by atoms with E-state index in [-0.39, 0.29) is 17.6 Å². The summed E-state index contributed by atoms with van der Waals surface area (Å²) in [6.07, 6.45) is 6.06. The van der Waals surface area contributed by atoms with Gasteiger partial charge in [0.15, 0.2) is 0 Å². The summed E-state index contributed by atoms with van der Waals surface area (Å²) in [7, 11) is 3.43. The second kappa shape index (κ2) is 14.2. The van der Waals surface area contributed by atoms with Gasteiger partial charge >= 0.3 is 6.09 Å². The predicted molar refractivity (Wildman–Crippen MR) is 147 cm³/mol. The second-order valence-corrected chi connectivity index (χ2v) is 11.1. The summed E-state index contributed by atoms with van der Waals surface area (Å²) < 4.78 is 17.4. The van der Waals surface area contributed by atoms with Gasteiger partial charge in [0.05, 0.1) is 46.4 Å². The zero-order valence-corrected chi connectivity index (χ0v) is 23.3. The Balaban J connectivity index is 0.00000481. The molecule has 1 atom stereocenters. The van der Waals surface area contributed by atoms with E-state index in [4.69, 9.17) is 14.2 Å². The number of benzene rings is 2. The molecule has 0 radical (unpaired) electrons. The van der Waals surface area contributed by atoms with Crippen LogP contribution in [0.3, 0.4) is 0 Å². The summed E-state index contributed by atoms with van der Waals surface area (Å²) in [5, 5.41) is 3.17. The largest absolute Gasteiger partial charge is 0.870 e. The van der Waals surface area contributed by atoms with Crippen molar-refractivity contribution < 1.29 is 29.0 Å². The highest BCUT2D eigenvalue weighted by Gasteiger charge is 2.35. The molecule has 1 heterocycles. The highest BCUT2D eigenvalue weighted by Crippen LogP contribution is 2.24. The molecule has 206 valence electrons. The average Bonchev–Trinajstić information content (AvgIpc) is 2.83. The summed E-state index contributed by atoms with van der Waals surface area (Å²) >= 11 is 0. The van der Waals surface area contributed by atoms with Crippen LogP contribution in [0.4, 0.5) is 4.79 Å². The Morgan fingerprint density at radius 1 is 0.946 bits per heavy atom. The molecule has 0 spiro atoms. The molecule has 1 aliphatic rings. The smallest absolute Gasteiger partial charge is 0.408 e. The highest BCUT2D eigenvalue weighted by atomic mass is 16.6. The van der Waals surface area contributed by atoms with Crippen LogP contribution < -0.4 is 14.8 Å². The van der Waals surface area contributed by atoms with Gasteiger partial charge in [0, 0.05) is 12.8 Å². The topological polar surface area (TPSA) is 86.8 Å². The summed E-state index contributed by atoms with van der Waals surface area (Å²) in [5.74, 6) is 1.82. The van der Waals surface area contributed by atoms with E-state index in [9.17, 15) is 4.79 Å². The van der Waals surface area contributed by atoms with Crippen LogP contribution in [-0.4, -0.2) is 68.1 Å². The minimum atomic E-state index is -0.488. The third-order valence-electron chi connectivity index (χ3n) is 6.98. The molecule has 0 saturated carbocycles. The first-order chi connectivity index (χ1) is 17.2. The Morgan fingerprint density at radius 3 is 1.97 bits per heavy atom. The minimum absolute atomic E-state index is 0. The van der Waals surface area contributed by atoms with E-state index in [2.05, 4.69) is 41.7 Å². The third-order valence-corrected chi connectivity index (χ3v) is 6.98.